The summed E-state index contributed by atoms with van der Waals surface area (Å²) >= 11 is 0. The molecule has 0 aliphatic heterocycles. The van der Waals surface area contributed by atoms with E-state index < -0.39 is 0 Å². The number of amides is 1. The fraction of sp³-hybridized carbons (Fsp3) is 0.150. The molecule has 8 heteroatoms. The molecular weight excluding hydrogens is 360 g/mol. The number of nitrogens with zero attached hydrogens (tertiary/aromatic N) is 2. The highest BCUT2D eigenvalue weighted by atomic mass is 16.5. The maximum atomic E-state index is 12.5. The molecule has 3 aromatic rings. The van der Waals surface area contributed by atoms with Gasteiger partial charge in [0.2, 0.25) is 5.95 Å². The van der Waals surface area contributed by atoms with Crippen molar-refractivity contribution in [3.63, 3.8) is 0 Å². The molecule has 0 fully saturated rings. The minimum Gasteiger partial charge on any atom is -0.497 e. The molecule has 0 atom stereocenters. The van der Waals surface area contributed by atoms with Crippen molar-refractivity contribution in [1.82, 2.24) is 9.97 Å². The minimum atomic E-state index is -0.365. The third-order valence-corrected chi connectivity index (χ3v) is 3.87. The van der Waals surface area contributed by atoms with Gasteiger partial charge in [0.05, 0.1) is 27.0 Å². The standard InChI is InChI=1S/C20H20N4O4/c1-26-14-6-4-5-13(11-14)22-19(25)16-9-10-21-20(23-16)24-17-12-15(27-2)7-8-18(17)28-3/h4-12H,1-3H3,(H,22,25)(H,21,23,24). The van der Waals surface area contributed by atoms with Gasteiger partial charge in [-0.15, -0.1) is 0 Å². The minimum absolute atomic E-state index is 0.210. The highest BCUT2D eigenvalue weighted by Gasteiger charge is 2.12. The van der Waals surface area contributed by atoms with Crippen molar-refractivity contribution in [1.29, 1.82) is 0 Å². The number of hydrogen-bond donors (Lipinski definition) is 2. The SMILES string of the molecule is COc1cccc(NC(=O)c2ccnc(Nc3cc(OC)ccc3OC)n2)c1. The van der Waals surface area contributed by atoms with Crippen LogP contribution in [0.2, 0.25) is 0 Å². The first-order valence-corrected chi connectivity index (χ1v) is 8.40. The van der Waals surface area contributed by atoms with Crippen molar-refractivity contribution in [2.75, 3.05) is 32.0 Å². The van der Waals surface area contributed by atoms with Crippen LogP contribution >= 0.6 is 0 Å². The molecule has 28 heavy (non-hydrogen) atoms. The average molecular weight is 380 g/mol. The van der Waals surface area contributed by atoms with E-state index in [2.05, 4.69) is 20.6 Å². The second kappa shape index (κ2) is 8.72. The molecule has 0 aliphatic rings. The summed E-state index contributed by atoms with van der Waals surface area (Å²) in [5.74, 6) is 1.78. The zero-order valence-electron chi connectivity index (χ0n) is 15.7. The first-order valence-electron chi connectivity index (χ1n) is 8.40. The van der Waals surface area contributed by atoms with Gasteiger partial charge in [-0.3, -0.25) is 4.79 Å². The predicted octanol–water partition coefficient (Wildman–Crippen LogP) is 3.50. The topological polar surface area (TPSA) is 94.6 Å². The highest BCUT2D eigenvalue weighted by molar-refractivity contribution is 6.03. The van der Waals surface area contributed by atoms with Crippen LogP contribution in [0, 0.1) is 0 Å². The van der Waals surface area contributed by atoms with Gasteiger partial charge in [0, 0.05) is 24.0 Å². The number of methoxy groups -OCH3 is 3. The van der Waals surface area contributed by atoms with E-state index in [1.165, 1.54) is 12.3 Å². The van der Waals surface area contributed by atoms with Gasteiger partial charge in [0.15, 0.2) is 0 Å². The largest absolute Gasteiger partial charge is 0.497 e. The van der Waals surface area contributed by atoms with Crippen molar-refractivity contribution in [2.45, 2.75) is 0 Å². The molecule has 0 aliphatic carbocycles. The Balaban J connectivity index is 1.79. The average Bonchev–Trinajstić information content (AvgIpc) is 2.74. The third-order valence-electron chi connectivity index (χ3n) is 3.87. The van der Waals surface area contributed by atoms with Gasteiger partial charge >= 0.3 is 0 Å². The Labute approximate surface area is 162 Å². The van der Waals surface area contributed by atoms with Crippen LogP contribution in [0.15, 0.2) is 54.7 Å². The zero-order valence-corrected chi connectivity index (χ0v) is 15.7. The van der Waals surface area contributed by atoms with Crippen LogP contribution in [-0.2, 0) is 0 Å². The van der Waals surface area contributed by atoms with E-state index >= 15 is 0 Å². The molecular formula is C20H20N4O4. The van der Waals surface area contributed by atoms with Crippen LogP contribution in [0.25, 0.3) is 0 Å². The van der Waals surface area contributed by atoms with Crippen molar-refractivity contribution in [3.8, 4) is 17.2 Å². The first kappa shape index (κ1) is 19.0. The molecule has 0 bridgehead atoms. The van der Waals surface area contributed by atoms with Gasteiger partial charge in [0.1, 0.15) is 22.9 Å². The Bertz CT molecular complexity index is 978. The fourth-order valence-corrected chi connectivity index (χ4v) is 2.47. The highest BCUT2D eigenvalue weighted by Crippen LogP contribution is 2.30. The molecule has 8 nitrogen and oxygen atoms in total. The number of ether oxygens (including phenoxy) is 3. The quantitative estimate of drug-likeness (QED) is 0.648. The molecule has 0 radical (unpaired) electrons. The summed E-state index contributed by atoms with van der Waals surface area (Å²) in [5, 5.41) is 5.83. The molecule has 144 valence electrons. The number of rotatable bonds is 7. The van der Waals surface area contributed by atoms with Crippen LogP contribution in [0.1, 0.15) is 10.5 Å². The Morgan fingerprint density at radius 3 is 2.46 bits per heavy atom. The first-order chi connectivity index (χ1) is 13.6. The molecule has 1 aromatic heterocycles. The molecule has 0 saturated carbocycles. The van der Waals surface area contributed by atoms with E-state index in [-0.39, 0.29) is 17.5 Å². The van der Waals surface area contributed by atoms with Gasteiger partial charge < -0.3 is 24.8 Å². The summed E-state index contributed by atoms with van der Waals surface area (Å²) in [6.45, 7) is 0. The van der Waals surface area contributed by atoms with Crippen LogP contribution in [0.3, 0.4) is 0 Å². The predicted molar refractivity (Wildman–Crippen MR) is 106 cm³/mol. The third kappa shape index (κ3) is 4.47. The summed E-state index contributed by atoms with van der Waals surface area (Å²) in [6.07, 6.45) is 1.50. The summed E-state index contributed by atoms with van der Waals surface area (Å²) in [4.78, 5) is 21.0. The number of carbonyl (C=O) groups is 1. The van der Waals surface area contributed by atoms with E-state index in [1.807, 2.05) is 0 Å². The van der Waals surface area contributed by atoms with Crippen molar-refractivity contribution >= 4 is 23.2 Å². The van der Waals surface area contributed by atoms with Crippen molar-refractivity contribution in [2.24, 2.45) is 0 Å². The van der Waals surface area contributed by atoms with Crippen molar-refractivity contribution in [3.05, 3.63) is 60.4 Å². The van der Waals surface area contributed by atoms with E-state index in [0.29, 0.717) is 28.6 Å². The van der Waals surface area contributed by atoms with Gasteiger partial charge in [0.25, 0.3) is 5.91 Å². The maximum absolute atomic E-state index is 12.5. The van der Waals surface area contributed by atoms with E-state index in [4.69, 9.17) is 14.2 Å². The monoisotopic (exact) mass is 380 g/mol. The summed E-state index contributed by atoms with van der Waals surface area (Å²) in [7, 11) is 4.70. The lowest BCUT2D eigenvalue weighted by Crippen LogP contribution is -2.14. The molecule has 1 heterocycles. The van der Waals surface area contributed by atoms with Crippen LogP contribution in [-0.4, -0.2) is 37.2 Å². The Hall–Kier alpha value is -3.81. The van der Waals surface area contributed by atoms with Gasteiger partial charge in [-0.1, -0.05) is 6.07 Å². The molecule has 2 N–H and O–H groups in total. The molecule has 0 saturated heterocycles. The summed E-state index contributed by atoms with van der Waals surface area (Å²) in [6, 6.07) is 13.9. The van der Waals surface area contributed by atoms with Gasteiger partial charge in [-0.25, -0.2) is 9.97 Å². The number of carbonyl (C=O) groups excluding carboxylic acids is 1. The van der Waals surface area contributed by atoms with E-state index in [9.17, 15) is 4.79 Å². The molecule has 0 spiro atoms. The van der Waals surface area contributed by atoms with E-state index in [1.54, 1.807) is 63.8 Å². The number of hydrogen-bond acceptors (Lipinski definition) is 7. The number of nitrogens with one attached hydrogen (secondary N) is 2. The Kier molecular flexibility index (Phi) is 5.91. The van der Waals surface area contributed by atoms with Crippen LogP contribution < -0.4 is 24.8 Å². The summed E-state index contributed by atoms with van der Waals surface area (Å²) < 4.78 is 15.7. The normalized spacial score (nSPS) is 10.1. The van der Waals surface area contributed by atoms with Crippen molar-refractivity contribution < 1.29 is 19.0 Å². The fourth-order valence-electron chi connectivity index (χ4n) is 2.47. The second-order valence-corrected chi connectivity index (χ2v) is 5.64. The van der Waals surface area contributed by atoms with Crippen LogP contribution in [0.4, 0.5) is 17.3 Å². The number of anilines is 3. The second-order valence-electron chi connectivity index (χ2n) is 5.64. The lowest BCUT2D eigenvalue weighted by atomic mass is 10.2. The Morgan fingerprint density at radius 1 is 0.929 bits per heavy atom. The number of benzene rings is 2. The Morgan fingerprint density at radius 2 is 1.71 bits per heavy atom. The molecule has 0 unspecified atom stereocenters. The maximum Gasteiger partial charge on any atom is 0.274 e. The lowest BCUT2D eigenvalue weighted by molar-refractivity contribution is 0.102. The van der Waals surface area contributed by atoms with Gasteiger partial charge in [-0.2, -0.15) is 0 Å². The lowest BCUT2D eigenvalue weighted by Gasteiger charge is -2.12. The van der Waals surface area contributed by atoms with E-state index in [0.717, 1.165) is 0 Å². The molecule has 1 amide bonds. The summed E-state index contributed by atoms with van der Waals surface area (Å²) in [5.41, 5.74) is 1.43. The van der Waals surface area contributed by atoms with Gasteiger partial charge in [-0.05, 0) is 30.3 Å². The molecule has 2 aromatic carbocycles. The molecule has 3 rings (SSSR count). The van der Waals surface area contributed by atoms with Crippen LogP contribution in [0.5, 0.6) is 17.2 Å². The smallest absolute Gasteiger partial charge is 0.274 e. The zero-order chi connectivity index (χ0) is 19.9. The number of aromatic nitrogens is 2.